The zero-order valence-electron chi connectivity index (χ0n) is 7.59. The predicted octanol–water partition coefficient (Wildman–Crippen LogP) is 1.92. The Balaban J connectivity index is 2.95. The molecular weight excluding hydrogens is 160 g/mol. The van der Waals surface area contributed by atoms with E-state index in [0.717, 1.165) is 17.7 Å². The van der Waals surface area contributed by atoms with Gasteiger partial charge in [-0.3, -0.25) is 0 Å². The van der Waals surface area contributed by atoms with Crippen LogP contribution in [0.15, 0.2) is 31.4 Å². The minimum absolute atomic E-state index is 0.535. The average molecular weight is 173 g/mol. The van der Waals surface area contributed by atoms with Crippen LogP contribution in [0.2, 0.25) is 0 Å². The molecule has 2 nitrogen and oxygen atoms in total. The molecule has 1 aromatic rings. The van der Waals surface area contributed by atoms with Gasteiger partial charge in [-0.2, -0.15) is 0 Å². The highest BCUT2D eigenvalue weighted by molar-refractivity contribution is 5.35. The summed E-state index contributed by atoms with van der Waals surface area (Å²) in [7, 11) is 0. The van der Waals surface area contributed by atoms with Crippen LogP contribution >= 0.6 is 0 Å². The molecule has 0 fully saturated rings. The van der Waals surface area contributed by atoms with Gasteiger partial charge in [-0.05, 0) is 18.1 Å². The molecule has 1 radical (unpaired) electrons. The summed E-state index contributed by atoms with van der Waals surface area (Å²) in [5.74, 6) is 0.535. The van der Waals surface area contributed by atoms with Crippen LogP contribution < -0.4 is 5.73 Å². The number of hydrogen-bond donors (Lipinski definition) is 1. The monoisotopic (exact) mass is 173 g/mol. The van der Waals surface area contributed by atoms with Gasteiger partial charge in [0.25, 0.3) is 0 Å². The Labute approximate surface area is 78.8 Å². The summed E-state index contributed by atoms with van der Waals surface area (Å²) in [6.45, 7) is 7.30. The van der Waals surface area contributed by atoms with Crippen LogP contribution in [0.25, 0.3) is 0 Å². The molecule has 0 aliphatic heterocycles. The molecule has 67 valence electrons. The molecule has 0 aliphatic carbocycles. The highest BCUT2D eigenvalue weighted by Crippen LogP contribution is 2.08. The number of nitrogen functional groups attached to an aromatic ring is 1. The van der Waals surface area contributed by atoms with Gasteiger partial charge in [0.15, 0.2) is 0 Å². The summed E-state index contributed by atoms with van der Waals surface area (Å²) in [4.78, 5) is 4.12. The molecule has 13 heavy (non-hydrogen) atoms. The van der Waals surface area contributed by atoms with Gasteiger partial charge < -0.3 is 5.73 Å². The van der Waals surface area contributed by atoms with Gasteiger partial charge in [0.2, 0.25) is 0 Å². The fourth-order valence-corrected chi connectivity index (χ4v) is 1.11. The molecule has 1 heterocycles. The van der Waals surface area contributed by atoms with Gasteiger partial charge in [0.05, 0.1) is 5.69 Å². The van der Waals surface area contributed by atoms with Crippen LogP contribution in [-0.4, -0.2) is 4.98 Å². The fraction of sp³-hybridized carbons (Fsp3) is 0.182. The van der Waals surface area contributed by atoms with Crippen molar-refractivity contribution >= 4 is 5.82 Å². The van der Waals surface area contributed by atoms with Gasteiger partial charge in [-0.25, -0.2) is 4.98 Å². The first-order valence-electron chi connectivity index (χ1n) is 4.15. The minimum Gasteiger partial charge on any atom is -0.384 e. The van der Waals surface area contributed by atoms with Crippen molar-refractivity contribution in [1.29, 1.82) is 0 Å². The third kappa shape index (κ3) is 2.75. The summed E-state index contributed by atoms with van der Waals surface area (Å²) in [5.41, 5.74) is 7.49. The number of nitrogens with two attached hydrogens (primary N) is 1. The lowest BCUT2D eigenvalue weighted by Crippen LogP contribution is -1.98. The summed E-state index contributed by atoms with van der Waals surface area (Å²) in [6.07, 6.45) is 5.09. The van der Waals surface area contributed by atoms with E-state index in [4.69, 9.17) is 5.73 Å². The molecule has 0 saturated carbocycles. The lowest BCUT2D eigenvalue weighted by molar-refractivity contribution is 1.08. The largest absolute Gasteiger partial charge is 0.384 e. The first-order valence-corrected chi connectivity index (χ1v) is 4.15. The van der Waals surface area contributed by atoms with Crippen molar-refractivity contribution < 1.29 is 0 Å². The number of rotatable bonds is 4. The Morgan fingerprint density at radius 3 is 2.69 bits per heavy atom. The van der Waals surface area contributed by atoms with Crippen molar-refractivity contribution in [1.82, 2.24) is 4.98 Å². The minimum atomic E-state index is 0.535. The predicted molar refractivity (Wildman–Crippen MR) is 55.3 cm³/mol. The number of pyridine rings is 1. The summed E-state index contributed by atoms with van der Waals surface area (Å²) >= 11 is 0. The van der Waals surface area contributed by atoms with Crippen LogP contribution in [0.4, 0.5) is 5.82 Å². The topological polar surface area (TPSA) is 38.9 Å². The normalized spacial score (nSPS) is 9.54. The van der Waals surface area contributed by atoms with E-state index in [1.807, 2.05) is 12.1 Å². The number of nitrogens with zero attached hydrogens (tertiary/aromatic N) is 1. The Morgan fingerprint density at radius 2 is 2.08 bits per heavy atom. The van der Waals surface area contributed by atoms with Crippen molar-refractivity contribution in [2.45, 2.75) is 12.8 Å². The van der Waals surface area contributed by atoms with Gasteiger partial charge in [0, 0.05) is 12.5 Å². The molecule has 0 atom stereocenters. The molecule has 2 heteroatoms. The zero-order chi connectivity index (χ0) is 9.68. The number of aromatic nitrogens is 1. The molecule has 1 aromatic heterocycles. The number of hydrogen-bond acceptors (Lipinski definition) is 2. The van der Waals surface area contributed by atoms with Gasteiger partial charge in [-0.1, -0.05) is 12.2 Å². The van der Waals surface area contributed by atoms with E-state index >= 15 is 0 Å². The van der Waals surface area contributed by atoms with Crippen LogP contribution in [0, 0.1) is 6.07 Å². The standard InChI is InChI=1S/C11H13N2/c1-3-5-9-7-10(6-4-2)13-11(12)8-9/h3-4,8H,1-2,5-6H2,(H2,12,13). The van der Waals surface area contributed by atoms with Crippen molar-refractivity contribution in [3.63, 3.8) is 0 Å². The third-order valence-electron chi connectivity index (χ3n) is 1.59. The van der Waals surface area contributed by atoms with E-state index in [0.29, 0.717) is 12.2 Å². The number of anilines is 1. The Morgan fingerprint density at radius 1 is 1.38 bits per heavy atom. The first-order chi connectivity index (χ1) is 6.26. The van der Waals surface area contributed by atoms with Crippen LogP contribution in [-0.2, 0) is 12.8 Å². The molecule has 0 aliphatic rings. The maximum Gasteiger partial charge on any atom is 0.123 e. The molecule has 0 saturated heterocycles. The third-order valence-corrected chi connectivity index (χ3v) is 1.59. The second-order valence-electron chi connectivity index (χ2n) is 2.76. The summed E-state index contributed by atoms with van der Waals surface area (Å²) in [5, 5.41) is 0. The van der Waals surface area contributed by atoms with Crippen molar-refractivity contribution in [3.8, 4) is 0 Å². The van der Waals surface area contributed by atoms with Crippen LogP contribution in [0.1, 0.15) is 11.3 Å². The number of allylic oxidation sites excluding steroid dienone is 2. The van der Waals surface area contributed by atoms with E-state index in [1.54, 1.807) is 6.08 Å². The first kappa shape index (κ1) is 9.52. The highest BCUT2D eigenvalue weighted by Gasteiger charge is 1.98. The molecule has 2 N–H and O–H groups in total. The maximum atomic E-state index is 5.62. The van der Waals surface area contributed by atoms with Crippen molar-refractivity contribution in [2.24, 2.45) is 0 Å². The molecule has 0 amide bonds. The summed E-state index contributed by atoms with van der Waals surface area (Å²) < 4.78 is 0. The molecule has 0 unspecified atom stereocenters. The van der Waals surface area contributed by atoms with Crippen molar-refractivity contribution in [3.05, 3.63) is 48.7 Å². The average Bonchev–Trinajstić information content (AvgIpc) is 2.04. The SMILES string of the molecule is C=CCc1[c]c(CC=C)nc(N)c1. The molecule has 1 rings (SSSR count). The lowest BCUT2D eigenvalue weighted by Gasteiger charge is -2.01. The van der Waals surface area contributed by atoms with E-state index < -0.39 is 0 Å². The lowest BCUT2D eigenvalue weighted by atomic mass is 10.1. The Bertz CT molecular complexity index is 288. The molecular formula is C11H13N2. The quantitative estimate of drug-likeness (QED) is 0.706. The molecule has 0 aromatic carbocycles. The van der Waals surface area contributed by atoms with Crippen LogP contribution in [0.3, 0.4) is 0 Å². The maximum absolute atomic E-state index is 5.62. The second kappa shape index (κ2) is 4.45. The zero-order valence-corrected chi connectivity index (χ0v) is 7.59. The highest BCUT2D eigenvalue weighted by atomic mass is 14.8. The molecule has 0 bridgehead atoms. The summed E-state index contributed by atoms with van der Waals surface area (Å²) in [6, 6.07) is 4.97. The van der Waals surface area contributed by atoms with Gasteiger partial charge in [-0.15, -0.1) is 13.2 Å². The van der Waals surface area contributed by atoms with Gasteiger partial charge in [0.1, 0.15) is 5.82 Å². The van der Waals surface area contributed by atoms with Gasteiger partial charge >= 0.3 is 0 Å². The van der Waals surface area contributed by atoms with Crippen LogP contribution in [0.5, 0.6) is 0 Å². The van der Waals surface area contributed by atoms with E-state index in [1.165, 1.54) is 0 Å². The smallest absolute Gasteiger partial charge is 0.123 e. The molecule has 0 spiro atoms. The van der Waals surface area contributed by atoms with E-state index in [2.05, 4.69) is 24.2 Å². The van der Waals surface area contributed by atoms with Crippen molar-refractivity contribution in [2.75, 3.05) is 5.73 Å². The second-order valence-corrected chi connectivity index (χ2v) is 2.76. The fourth-order valence-electron chi connectivity index (χ4n) is 1.11. The van der Waals surface area contributed by atoms with E-state index in [9.17, 15) is 0 Å². The Hall–Kier alpha value is -1.57. The van der Waals surface area contributed by atoms with E-state index in [-0.39, 0.29) is 0 Å². The Kier molecular flexibility index (Phi) is 3.26.